The summed E-state index contributed by atoms with van der Waals surface area (Å²) in [5.74, 6) is -0.141. The van der Waals surface area contributed by atoms with Crippen LogP contribution in [0.3, 0.4) is 0 Å². The molecule has 1 aromatic heterocycles. The molecular formula is C27H26ClF4N3O6S. The van der Waals surface area contributed by atoms with E-state index in [4.69, 9.17) is 16.3 Å². The normalized spacial score (nSPS) is 13.1. The SMILES string of the molecule is CCC(F)(F)F.COC(=O)OCOc1c2n(ccc1=O)NCNC2=O.Fc1cccc2c1CSc1c(Cl)cccc1C2. The van der Waals surface area contributed by atoms with E-state index in [0.29, 0.717) is 5.75 Å². The van der Waals surface area contributed by atoms with Gasteiger partial charge in [-0.2, -0.15) is 13.2 Å². The van der Waals surface area contributed by atoms with Crippen molar-refractivity contribution in [2.75, 3.05) is 26.0 Å². The number of benzene rings is 2. The molecule has 0 radical (unpaired) electrons. The summed E-state index contributed by atoms with van der Waals surface area (Å²) < 4.78 is 61.2. The second kappa shape index (κ2) is 14.8. The van der Waals surface area contributed by atoms with Gasteiger partial charge in [0.25, 0.3) is 5.91 Å². The number of methoxy groups -OCH3 is 1. The number of alkyl halides is 3. The number of amides is 1. The number of carbonyl (C=O) groups is 2. The third-order valence-electron chi connectivity index (χ3n) is 5.72. The highest BCUT2D eigenvalue weighted by Gasteiger charge is 2.24. The first-order valence-corrected chi connectivity index (χ1v) is 13.7. The van der Waals surface area contributed by atoms with Crippen molar-refractivity contribution in [2.24, 2.45) is 0 Å². The van der Waals surface area contributed by atoms with E-state index in [0.717, 1.165) is 41.5 Å². The van der Waals surface area contributed by atoms with Crippen molar-refractivity contribution in [3.05, 3.63) is 92.1 Å². The Hall–Kier alpha value is -3.91. The predicted octanol–water partition coefficient (Wildman–Crippen LogP) is 5.85. The van der Waals surface area contributed by atoms with E-state index >= 15 is 0 Å². The van der Waals surface area contributed by atoms with Crippen LogP contribution in [0, 0.1) is 5.82 Å². The maximum atomic E-state index is 13.7. The van der Waals surface area contributed by atoms with Gasteiger partial charge in [0.15, 0.2) is 5.69 Å². The molecule has 9 nitrogen and oxygen atoms in total. The first-order valence-electron chi connectivity index (χ1n) is 12.3. The molecule has 3 aromatic rings. The summed E-state index contributed by atoms with van der Waals surface area (Å²) in [6.07, 6.45) is -3.47. The maximum absolute atomic E-state index is 13.7. The van der Waals surface area contributed by atoms with Gasteiger partial charge in [0, 0.05) is 34.9 Å². The number of rotatable bonds is 3. The molecule has 42 heavy (non-hydrogen) atoms. The van der Waals surface area contributed by atoms with Gasteiger partial charge in [0.1, 0.15) is 12.5 Å². The molecule has 2 aliphatic heterocycles. The first-order chi connectivity index (χ1) is 19.9. The van der Waals surface area contributed by atoms with Crippen LogP contribution in [-0.4, -0.2) is 43.5 Å². The summed E-state index contributed by atoms with van der Waals surface area (Å²) in [5, 5.41) is 3.26. The zero-order chi connectivity index (χ0) is 30.9. The lowest BCUT2D eigenvalue weighted by Crippen LogP contribution is -2.43. The van der Waals surface area contributed by atoms with Crippen molar-refractivity contribution in [2.45, 2.75) is 36.6 Å². The second-order valence-electron chi connectivity index (χ2n) is 8.47. The fourth-order valence-electron chi connectivity index (χ4n) is 3.62. The molecule has 0 atom stereocenters. The number of nitrogens with one attached hydrogen (secondary N) is 2. The first kappa shape index (κ1) is 32.6. The van der Waals surface area contributed by atoms with Crippen molar-refractivity contribution in [3.63, 3.8) is 0 Å². The van der Waals surface area contributed by atoms with Gasteiger partial charge in [-0.3, -0.25) is 14.3 Å². The van der Waals surface area contributed by atoms with Crippen molar-refractivity contribution >= 4 is 35.4 Å². The van der Waals surface area contributed by atoms with Crippen LogP contribution in [0.1, 0.15) is 40.5 Å². The minimum Gasteiger partial charge on any atom is -0.451 e. The second-order valence-corrected chi connectivity index (χ2v) is 9.86. The maximum Gasteiger partial charge on any atom is 0.510 e. The average Bonchev–Trinajstić information content (AvgIpc) is 3.16. The monoisotopic (exact) mass is 631 g/mol. The number of halogens is 5. The smallest absolute Gasteiger partial charge is 0.451 e. The highest BCUT2D eigenvalue weighted by atomic mass is 35.5. The number of ether oxygens (including phenoxy) is 3. The molecule has 5 rings (SSSR count). The Labute approximate surface area is 247 Å². The van der Waals surface area contributed by atoms with Gasteiger partial charge in [-0.25, -0.2) is 9.18 Å². The van der Waals surface area contributed by atoms with E-state index in [1.165, 1.54) is 28.6 Å². The lowest BCUT2D eigenvalue weighted by molar-refractivity contribution is -0.130. The number of fused-ring (bicyclic) bond motifs is 3. The van der Waals surface area contributed by atoms with Gasteiger partial charge >= 0.3 is 12.3 Å². The number of aromatic nitrogens is 1. The van der Waals surface area contributed by atoms with E-state index in [9.17, 15) is 31.9 Å². The molecular weight excluding hydrogens is 606 g/mol. The Morgan fingerprint density at radius 1 is 1.12 bits per heavy atom. The molecule has 0 aliphatic carbocycles. The highest BCUT2D eigenvalue weighted by Crippen LogP contribution is 2.38. The summed E-state index contributed by atoms with van der Waals surface area (Å²) in [5.41, 5.74) is 5.37. The van der Waals surface area contributed by atoms with E-state index in [1.54, 1.807) is 17.8 Å². The molecule has 2 aliphatic rings. The van der Waals surface area contributed by atoms with Gasteiger partial charge in [0.05, 0.1) is 12.1 Å². The fourth-order valence-corrected chi connectivity index (χ4v) is 5.12. The number of thioether (sulfide) groups is 1. The summed E-state index contributed by atoms with van der Waals surface area (Å²) in [4.78, 5) is 35.2. The van der Waals surface area contributed by atoms with Gasteiger partial charge in [-0.05, 0) is 29.7 Å². The molecule has 15 heteroatoms. The summed E-state index contributed by atoms with van der Waals surface area (Å²) in [6.45, 7) is 0.777. The molecule has 0 saturated carbocycles. The van der Waals surface area contributed by atoms with Crippen LogP contribution in [0.15, 0.2) is 58.4 Å². The van der Waals surface area contributed by atoms with E-state index in [2.05, 4.69) is 26.3 Å². The molecule has 3 heterocycles. The zero-order valence-corrected chi connectivity index (χ0v) is 23.9. The Bertz CT molecular complexity index is 1430. The van der Waals surface area contributed by atoms with Crippen LogP contribution in [-0.2, 0) is 21.6 Å². The minimum atomic E-state index is -3.96. The zero-order valence-electron chi connectivity index (χ0n) is 22.3. The molecule has 2 aromatic carbocycles. The van der Waals surface area contributed by atoms with Crippen molar-refractivity contribution in [1.29, 1.82) is 0 Å². The number of pyridine rings is 1. The van der Waals surface area contributed by atoms with Crippen LogP contribution >= 0.6 is 23.4 Å². The van der Waals surface area contributed by atoms with Gasteiger partial charge in [-0.1, -0.05) is 42.8 Å². The molecule has 2 N–H and O–H groups in total. The minimum absolute atomic E-state index is 0.00668. The van der Waals surface area contributed by atoms with Crippen LogP contribution in [0.4, 0.5) is 22.4 Å². The van der Waals surface area contributed by atoms with E-state index in [1.807, 2.05) is 18.2 Å². The van der Waals surface area contributed by atoms with E-state index in [-0.39, 0.29) is 23.9 Å². The third-order valence-corrected chi connectivity index (χ3v) is 7.35. The van der Waals surface area contributed by atoms with Gasteiger partial charge in [0.2, 0.25) is 18.0 Å². The van der Waals surface area contributed by atoms with Crippen LogP contribution in [0.5, 0.6) is 5.75 Å². The summed E-state index contributed by atoms with van der Waals surface area (Å²) in [7, 11) is 1.14. The molecule has 0 fully saturated rings. The van der Waals surface area contributed by atoms with Crippen LogP contribution in [0.2, 0.25) is 5.02 Å². The van der Waals surface area contributed by atoms with Crippen LogP contribution < -0.4 is 20.9 Å². The Morgan fingerprint density at radius 3 is 2.50 bits per heavy atom. The van der Waals surface area contributed by atoms with Gasteiger partial charge < -0.3 is 25.0 Å². The third kappa shape index (κ3) is 8.79. The quantitative estimate of drug-likeness (QED) is 0.211. The Morgan fingerprint density at radius 2 is 1.81 bits per heavy atom. The average molecular weight is 632 g/mol. The topological polar surface area (TPSA) is 108 Å². The van der Waals surface area contributed by atoms with Crippen molar-refractivity contribution in [3.8, 4) is 5.75 Å². The largest absolute Gasteiger partial charge is 0.510 e. The van der Waals surface area contributed by atoms with E-state index < -0.39 is 36.9 Å². The van der Waals surface area contributed by atoms with Gasteiger partial charge in [-0.15, -0.1) is 11.8 Å². The number of carbonyl (C=O) groups excluding carboxylic acids is 2. The molecule has 0 saturated heterocycles. The summed E-state index contributed by atoms with van der Waals surface area (Å²) in [6, 6.07) is 12.4. The lowest BCUT2D eigenvalue weighted by Gasteiger charge is -2.22. The number of hydrogen-bond acceptors (Lipinski definition) is 8. The molecule has 0 spiro atoms. The fraction of sp³-hybridized carbons (Fsp3) is 0.296. The Kier molecular flexibility index (Phi) is 11.5. The number of nitrogens with zero attached hydrogens (tertiary/aromatic N) is 1. The highest BCUT2D eigenvalue weighted by molar-refractivity contribution is 7.98. The molecule has 0 bridgehead atoms. The predicted molar refractivity (Wildman–Crippen MR) is 148 cm³/mol. The van der Waals surface area contributed by atoms with Crippen molar-refractivity contribution in [1.82, 2.24) is 9.99 Å². The standard InChI is InChI=1S/C14H10ClFS.C10H11N3O6.C3H5F3/c15-12-5-1-4-10-7-9-3-2-6-13(16)11(9)8-17-14(10)12;1-17-10(16)19-5-18-8-6(14)2-3-13-7(8)9(15)11-4-12-13;1-2-3(4,5)6/h1-6H,7-8H2;2-3,12H,4-5H2,1H3,(H,11,15);2H2,1H3. The molecule has 0 unspecified atom stereocenters. The Balaban J connectivity index is 0.000000195. The molecule has 1 amide bonds. The molecule has 226 valence electrons. The summed E-state index contributed by atoms with van der Waals surface area (Å²) >= 11 is 7.80. The number of hydrogen-bond donors (Lipinski definition) is 2. The van der Waals surface area contributed by atoms with Crippen LogP contribution in [0.25, 0.3) is 0 Å². The lowest BCUT2D eigenvalue weighted by atomic mass is 10.0. The van der Waals surface area contributed by atoms with Crippen molar-refractivity contribution < 1.29 is 41.4 Å².